The van der Waals surface area contributed by atoms with Gasteiger partial charge in [-0.3, -0.25) is 5.32 Å². The first-order valence-corrected chi connectivity index (χ1v) is 24.9. The number of hydrogen-bond donors (Lipinski definition) is 6. The topological polar surface area (TPSA) is 126 Å². The first kappa shape index (κ1) is 49.4. The minimum Gasteiger partial charge on any atom is -0.508 e. The van der Waals surface area contributed by atoms with Gasteiger partial charge in [0.05, 0.1) is 12.1 Å². The van der Waals surface area contributed by atoms with Crippen molar-refractivity contribution >= 4 is 11.4 Å². The molecule has 6 atom stereocenters. The minimum atomic E-state index is -0.243. The van der Waals surface area contributed by atoms with Crippen LogP contribution in [0.3, 0.4) is 0 Å². The second kappa shape index (κ2) is 24.4. The van der Waals surface area contributed by atoms with E-state index in [2.05, 4.69) is 107 Å². The Morgan fingerprint density at radius 2 is 1.25 bits per heavy atom. The van der Waals surface area contributed by atoms with Gasteiger partial charge in [-0.2, -0.15) is 0 Å². The van der Waals surface area contributed by atoms with Crippen molar-refractivity contribution < 1.29 is 14.9 Å². The van der Waals surface area contributed by atoms with Gasteiger partial charge in [0.1, 0.15) is 17.7 Å². The lowest BCUT2D eigenvalue weighted by Crippen LogP contribution is -2.38. The second-order valence-corrected chi connectivity index (χ2v) is 18.4. The van der Waals surface area contributed by atoms with Gasteiger partial charge in [-0.25, -0.2) is 0 Å². The summed E-state index contributed by atoms with van der Waals surface area (Å²) in [6, 6.07) is 29.0. The second-order valence-electron chi connectivity index (χ2n) is 18.4. The zero-order valence-electron chi connectivity index (χ0n) is 40.2. The summed E-state index contributed by atoms with van der Waals surface area (Å²) >= 11 is 0. The summed E-state index contributed by atoms with van der Waals surface area (Å²) in [5.41, 5.74) is 27.7. The summed E-state index contributed by atoms with van der Waals surface area (Å²) in [5.74, 6) is 0.915. The number of nitrogens with two attached hydrogens (primary N) is 2. The predicted octanol–water partition coefficient (Wildman–Crippen LogP) is 13.6. The predicted molar refractivity (Wildman–Crippen MR) is 273 cm³/mol. The van der Waals surface area contributed by atoms with E-state index >= 15 is 0 Å². The van der Waals surface area contributed by atoms with Gasteiger partial charge < -0.3 is 31.7 Å². The number of ether oxygens (including phenoxy) is 1. The third-order valence-electron chi connectivity index (χ3n) is 13.6. The normalized spacial score (nSPS) is 19.7. The molecule has 6 unspecified atom stereocenters. The molecule has 0 fully saturated rings. The van der Waals surface area contributed by atoms with Gasteiger partial charge in [0.25, 0.3) is 0 Å². The molecule has 2 aliphatic rings. The molecule has 0 spiro atoms. The van der Waals surface area contributed by atoms with Gasteiger partial charge in [0.2, 0.25) is 0 Å². The van der Waals surface area contributed by atoms with Crippen LogP contribution in [0.5, 0.6) is 11.5 Å². The van der Waals surface area contributed by atoms with E-state index in [0.717, 1.165) is 101 Å². The lowest BCUT2D eigenvalue weighted by atomic mass is 9.81. The number of unbranched alkanes of at least 4 members (excludes halogenated alkanes) is 1. The van der Waals surface area contributed by atoms with E-state index in [4.69, 9.17) is 16.2 Å². The molecule has 7 heteroatoms. The van der Waals surface area contributed by atoms with E-state index in [9.17, 15) is 10.2 Å². The van der Waals surface area contributed by atoms with E-state index in [0.29, 0.717) is 5.92 Å². The van der Waals surface area contributed by atoms with E-state index in [-0.39, 0.29) is 42.0 Å². The monoisotopic (exact) mass is 879 g/mol. The molecule has 8 N–H and O–H groups in total. The average Bonchev–Trinajstić information content (AvgIpc) is 3.47. The van der Waals surface area contributed by atoms with Gasteiger partial charge >= 0.3 is 0 Å². The Morgan fingerprint density at radius 3 is 1.88 bits per heavy atom. The van der Waals surface area contributed by atoms with Crippen LogP contribution in [0.2, 0.25) is 0 Å². The molecule has 0 saturated carbocycles. The minimum absolute atomic E-state index is 0.0708. The molecular formula is C58H78N4O3. The van der Waals surface area contributed by atoms with Crippen LogP contribution in [0.1, 0.15) is 158 Å². The van der Waals surface area contributed by atoms with Crippen molar-refractivity contribution in [3.05, 3.63) is 165 Å². The number of phenolic OH excluding ortho intramolecular Hbond substituents is 2. The number of nitrogen functional groups attached to an aromatic ring is 1. The number of aromatic hydroxyl groups is 2. The number of benzene rings is 4. The van der Waals surface area contributed by atoms with Crippen LogP contribution in [-0.4, -0.2) is 28.6 Å². The summed E-state index contributed by atoms with van der Waals surface area (Å²) < 4.78 is 7.18. The summed E-state index contributed by atoms with van der Waals surface area (Å²) in [5, 5.41) is 28.1. The number of rotatable bonds is 23. The lowest BCUT2D eigenvalue weighted by Gasteiger charge is -2.29. The highest BCUT2D eigenvalue weighted by molar-refractivity contribution is 5.56. The van der Waals surface area contributed by atoms with Gasteiger partial charge in [0, 0.05) is 23.5 Å². The van der Waals surface area contributed by atoms with Gasteiger partial charge in [0.15, 0.2) is 0 Å². The van der Waals surface area contributed by atoms with Crippen molar-refractivity contribution in [1.82, 2.24) is 5.32 Å². The fraction of sp³-hybridized carbons (Fsp3) is 0.448. The fourth-order valence-corrected chi connectivity index (χ4v) is 9.79. The molecule has 0 radical (unpaired) electrons. The molecule has 0 aromatic heterocycles. The maximum Gasteiger partial charge on any atom is 0.131 e. The number of anilines is 2. The quantitative estimate of drug-likeness (QED) is 0.0324. The standard InChI is InChI=1S/C58H78N4O3/c1-7-15-54(47-21-25-50(63)26-22-47)61-56-30-20-40(31-39-19-29-53(59)43(9-3)33-39)34-49(56)17-13-14-18-52-38-42(32-41-35-44(10-4)57(60)45(11-5)36-41)37-46(12-6)58(65-52)62-55(16-8-2)48-23-27-51(64)28-24-48/h19-30,33-38,44,52,54-55,57-58,61-64H,7-18,31-32,59-60H2,1-6H3. The maximum absolute atomic E-state index is 10.1. The largest absolute Gasteiger partial charge is 0.508 e. The molecule has 7 nitrogen and oxygen atoms in total. The van der Waals surface area contributed by atoms with Crippen molar-refractivity contribution in [2.45, 2.75) is 162 Å². The third-order valence-corrected chi connectivity index (χ3v) is 13.6. The molecular weight excluding hydrogens is 801 g/mol. The molecule has 0 amide bonds. The first-order chi connectivity index (χ1) is 31.5. The number of allylic oxidation sites excluding steroid dienone is 4. The molecule has 1 heterocycles. The number of aryl methyl sites for hydroxylation is 2. The third kappa shape index (κ3) is 13.7. The molecule has 6 rings (SSSR count). The molecule has 0 saturated heterocycles. The summed E-state index contributed by atoms with van der Waals surface area (Å²) in [4.78, 5) is 0. The summed E-state index contributed by atoms with van der Waals surface area (Å²) in [6.45, 7) is 13.3. The average molecular weight is 879 g/mol. The number of hydrogen-bond acceptors (Lipinski definition) is 7. The van der Waals surface area contributed by atoms with E-state index in [1.54, 1.807) is 24.3 Å². The van der Waals surface area contributed by atoms with Gasteiger partial charge in [-0.1, -0.05) is 139 Å². The SMILES string of the molecule is CCCC(Nc1ccc(Cc2ccc(N)c(CC)c2)cc1CCCCC1C=C(CC2=CC(CC)C(N)C(CC)=C2)C=C(CC)C(NC(CCC)c2ccc(O)cc2)O1)c1ccc(O)cc1. The zero-order chi connectivity index (χ0) is 46.3. The van der Waals surface area contributed by atoms with Crippen LogP contribution in [-0.2, 0) is 24.0 Å². The van der Waals surface area contributed by atoms with Crippen LogP contribution < -0.4 is 22.1 Å². The van der Waals surface area contributed by atoms with Crippen LogP contribution in [0.15, 0.2) is 132 Å². The lowest BCUT2D eigenvalue weighted by molar-refractivity contribution is 0.00251. The highest BCUT2D eigenvalue weighted by Gasteiger charge is 2.27. The molecule has 1 aliphatic carbocycles. The molecule has 4 aromatic rings. The van der Waals surface area contributed by atoms with Gasteiger partial charge in [-0.05, 0) is 163 Å². The van der Waals surface area contributed by atoms with Crippen molar-refractivity contribution in [3.8, 4) is 11.5 Å². The van der Waals surface area contributed by atoms with E-state index in [1.807, 2.05) is 30.3 Å². The highest BCUT2D eigenvalue weighted by atomic mass is 16.5. The van der Waals surface area contributed by atoms with Crippen molar-refractivity contribution in [2.24, 2.45) is 11.7 Å². The van der Waals surface area contributed by atoms with Crippen molar-refractivity contribution in [1.29, 1.82) is 0 Å². The molecule has 65 heavy (non-hydrogen) atoms. The Labute approximate surface area is 391 Å². The smallest absolute Gasteiger partial charge is 0.131 e. The Morgan fingerprint density at radius 1 is 0.646 bits per heavy atom. The van der Waals surface area contributed by atoms with Crippen LogP contribution in [0.25, 0.3) is 0 Å². The number of nitrogens with one attached hydrogen (secondary N) is 2. The molecule has 0 bridgehead atoms. The zero-order valence-corrected chi connectivity index (χ0v) is 40.2. The summed E-state index contributed by atoms with van der Waals surface area (Å²) in [6.07, 6.45) is 22.6. The fourth-order valence-electron chi connectivity index (χ4n) is 9.79. The van der Waals surface area contributed by atoms with Crippen LogP contribution in [0, 0.1) is 5.92 Å². The summed E-state index contributed by atoms with van der Waals surface area (Å²) in [7, 11) is 0. The Bertz CT molecular complexity index is 2260. The van der Waals surface area contributed by atoms with Crippen LogP contribution in [0.4, 0.5) is 11.4 Å². The first-order valence-electron chi connectivity index (χ1n) is 24.9. The Hall–Kier alpha value is -5.08. The molecule has 348 valence electrons. The Balaban J connectivity index is 1.26. The van der Waals surface area contributed by atoms with Crippen molar-refractivity contribution in [2.75, 3.05) is 11.1 Å². The van der Waals surface area contributed by atoms with Gasteiger partial charge in [-0.15, -0.1) is 0 Å². The Kier molecular flexibility index (Phi) is 18.6. The maximum atomic E-state index is 10.1. The molecule has 1 aliphatic heterocycles. The van der Waals surface area contributed by atoms with Crippen molar-refractivity contribution in [3.63, 3.8) is 0 Å². The molecule has 4 aromatic carbocycles. The number of phenols is 2. The van der Waals surface area contributed by atoms with Crippen LogP contribution >= 0.6 is 0 Å². The highest BCUT2D eigenvalue weighted by Crippen LogP contribution is 2.35. The van der Waals surface area contributed by atoms with E-state index in [1.165, 1.54) is 55.8 Å². The van der Waals surface area contributed by atoms with E-state index < -0.39 is 0 Å².